The standard InChI is InChI=1S/C18H21N/c1-13(2)17-11-16-10-15(8-9-18(16)19-12-17)14-6-4-3-5-7-14/h3-10,13,17,19H,11-12H2,1-2H3. The summed E-state index contributed by atoms with van der Waals surface area (Å²) >= 11 is 0. The number of fused-ring (bicyclic) bond motifs is 1. The summed E-state index contributed by atoms with van der Waals surface area (Å²) in [6.07, 6.45) is 1.20. The molecule has 1 atom stereocenters. The van der Waals surface area contributed by atoms with E-state index in [1.54, 1.807) is 0 Å². The highest BCUT2D eigenvalue weighted by molar-refractivity contribution is 5.69. The molecule has 19 heavy (non-hydrogen) atoms. The molecule has 0 saturated heterocycles. The van der Waals surface area contributed by atoms with Crippen molar-refractivity contribution in [3.8, 4) is 11.1 Å². The fourth-order valence-corrected chi connectivity index (χ4v) is 2.81. The maximum Gasteiger partial charge on any atom is 0.0373 e. The first kappa shape index (κ1) is 12.3. The van der Waals surface area contributed by atoms with Gasteiger partial charge in [-0.05, 0) is 47.1 Å². The summed E-state index contributed by atoms with van der Waals surface area (Å²) in [7, 11) is 0. The molecule has 0 radical (unpaired) electrons. The molecule has 0 aliphatic carbocycles. The van der Waals surface area contributed by atoms with E-state index in [2.05, 4.69) is 67.7 Å². The molecule has 1 N–H and O–H groups in total. The zero-order valence-electron chi connectivity index (χ0n) is 11.7. The zero-order valence-corrected chi connectivity index (χ0v) is 11.7. The van der Waals surface area contributed by atoms with Crippen molar-refractivity contribution in [2.75, 3.05) is 11.9 Å². The van der Waals surface area contributed by atoms with Crippen molar-refractivity contribution in [1.29, 1.82) is 0 Å². The Labute approximate surface area is 115 Å². The average molecular weight is 251 g/mol. The Balaban J connectivity index is 1.93. The summed E-state index contributed by atoms with van der Waals surface area (Å²) in [6.45, 7) is 5.74. The van der Waals surface area contributed by atoms with Crippen LogP contribution in [0.15, 0.2) is 48.5 Å². The zero-order chi connectivity index (χ0) is 13.2. The summed E-state index contributed by atoms with van der Waals surface area (Å²) in [5.41, 5.74) is 5.41. The molecule has 1 heterocycles. The quantitative estimate of drug-likeness (QED) is 0.823. The van der Waals surface area contributed by atoms with Crippen LogP contribution in [0.3, 0.4) is 0 Å². The van der Waals surface area contributed by atoms with Gasteiger partial charge in [-0.25, -0.2) is 0 Å². The fourth-order valence-electron chi connectivity index (χ4n) is 2.81. The third-order valence-electron chi connectivity index (χ3n) is 4.19. The van der Waals surface area contributed by atoms with Crippen LogP contribution in [-0.2, 0) is 6.42 Å². The van der Waals surface area contributed by atoms with Crippen molar-refractivity contribution in [2.45, 2.75) is 20.3 Å². The number of nitrogens with one attached hydrogen (secondary N) is 1. The minimum absolute atomic E-state index is 0.737. The van der Waals surface area contributed by atoms with Crippen LogP contribution in [0.25, 0.3) is 11.1 Å². The maximum absolute atomic E-state index is 3.57. The Hall–Kier alpha value is -1.76. The Bertz CT molecular complexity index is 557. The Kier molecular flexibility index (Phi) is 3.29. The second kappa shape index (κ2) is 5.08. The van der Waals surface area contributed by atoms with E-state index in [4.69, 9.17) is 0 Å². The highest BCUT2D eigenvalue weighted by atomic mass is 14.9. The summed E-state index contributed by atoms with van der Waals surface area (Å²) in [5.74, 6) is 1.49. The SMILES string of the molecule is CC(C)C1CNc2ccc(-c3ccccc3)cc2C1. The molecule has 0 spiro atoms. The lowest BCUT2D eigenvalue weighted by atomic mass is 9.85. The van der Waals surface area contributed by atoms with E-state index in [9.17, 15) is 0 Å². The van der Waals surface area contributed by atoms with Crippen LogP contribution >= 0.6 is 0 Å². The highest BCUT2D eigenvalue weighted by Crippen LogP contribution is 2.32. The van der Waals surface area contributed by atoms with Crippen molar-refractivity contribution >= 4 is 5.69 Å². The van der Waals surface area contributed by atoms with Crippen LogP contribution in [-0.4, -0.2) is 6.54 Å². The molecule has 98 valence electrons. The van der Waals surface area contributed by atoms with Gasteiger partial charge in [0.25, 0.3) is 0 Å². The van der Waals surface area contributed by atoms with Crippen LogP contribution in [0.4, 0.5) is 5.69 Å². The number of hydrogen-bond acceptors (Lipinski definition) is 1. The first-order valence-electron chi connectivity index (χ1n) is 7.16. The predicted octanol–water partition coefficient (Wildman–Crippen LogP) is 4.59. The van der Waals surface area contributed by atoms with E-state index in [1.807, 2.05) is 0 Å². The second-order valence-corrected chi connectivity index (χ2v) is 5.83. The smallest absolute Gasteiger partial charge is 0.0373 e. The topological polar surface area (TPSA) is 12.0 Å². The van der Waals surface area contributed by atoms with Gasteiger partial charge in [0.15, 0.2) is 0 Å². The number of benzene rings is 2. The molecular formula is C18H21N. The molecule has 1 nitrogen and oxygen atoms in total. The number of anilines is 1. The largest absolute Gasteiger partial charge is 0.385 e. The van der Waals surface area contributed by atoms with Crippen molar-refractivity contribution in [3.63, 3.8) is 0 Å². The minimum atomic E-state index is 0.737. The van der Waals surface area contributed by atoms with E-state index in [0.717, 1.165) is 18.4 Å². The van der Waals surface area contributed by atoms with Crippen LogP contribution in [0.2, 0.25) is 0 Å². The third kappa shape index (κ3) is 2.51. The molecule has 2 aromatic rings. The van der Waals surface area contributed by atoms with Gasteiger partial charge in [0.2, 0.25) is 0 Å². The second-order valence-electron chi connectivity index (χ2n) is 5.83. The molecule has 1 unspecified atom stereocenters. The molecule has 3 rings (SSSR count). The van der Waals surface area contributed by atoms with Gasteiger partial charge < -0.3 is 5.32 Å². The van der Waals surface area contributed by atoms with E-state index in [-0.39, 0.29) is 0 Å². The summed E-state index contributed by atoms with van der Waals surface area (Å²) in [6, 6.07) is 17.4. The molecule has 2 aromatic carbocycles. The van der Waals surface area contributed by atoms with E-state index in [0.29, 0.717) is 0 Å². The van der Waals surface area contributed by atoms with Crippen molar-refractivity contribution in [2.24, 2.45) is 11.8 Å². The normalized spacial score (nSPS) is 17.9. The van der Waals surface area contributed by atoms with Crippen molar-refractivity contribution in [3.05, 3.63) is 54.1 Å². The van der Waals surface area contributed by atoms with Gasteiger partial charge in [-0.15, -0.1) is 0 Å². The van der Waals surface area contributed by atoms with Gasteiger partial charge >= 0.3 is 0 Å². The molecule has 1 heteroatoms. The lowest BCUT2D eigenvalue weighted by molar-refractivity contribution is 0.394. The average Bonchev–Trinajstić information content (AvgIpc) is 2.47. The summed E-state index contributed by atoms with van der Waals surface area (Å²) in [4.78, 5) is 0. The van der Waals surface area contributed by atoms with Crippen molar-refractivity contribution in [1.82, 2.24) is 0 Å². The van der Waals surface area contributed by atoms with Crippen LogP contribution in [0, 0.1) is 11.8 Å². The van der Waals surface area contributed by atoms with Crippen LogP contribution < -0.4 is 5.32 Å². The summed E-state index contributed by atoms with van der Waals surface area (Å²) in [5, 5.41) is 3.57. The highest BCUT2D eigenvalue weighted by Gasteiger charge is 2.20. The molecule has 1 aliphatic heterocycles. The summed E-state index contributed by atoms with van der Waals surface area (Å²) < 4.78 is 0. The Morgan fingerprint density at radius 2 is 1.79 bits per heavy atom. The first-order valence-corrected chi connectivity index (χ1v) is 7.16. The lowest BCUT2D eigenvalue weighted by Gasteiger charge is -2.29. The van der Waals surface area contributed by atoms with Crippen molar-refractivity contribution < 1.29 is 0 Å². The lowest BCUT2D eigenvalue weighted by Crippen LogP contribution is -2.26. The van der Waals surface area contributed by atoms with Gasteiger partial charge in [0.1, 0.15) is 0 Å². The molecule has 0 aromatic heterocycles. The molecule has 0 amide bonds. The maximum atomic E-state index is 3.57. The Morgan fingerprint density at radius 3 is 2.53 bits per heavy atom. The third-order valence-corrected chi connectivity index (χ3v) is 4.19. The molecular weight excluding hydrogens is 230 g/mol. The fraction of sp³-hybridized carbons (Fsp3) is 0.333. The first-order chi connectivity index (χ1) is 9.24. The molecule has 0 bridgehead atoms. The number of hydrogen-bond donors (Lipinski definition) is 1. The van der Waals surface area contributed by atoms with E-state index < -0.39 is 0 Å². The van der Waals surface area contributed by atoms with Gasteiger partial charge in [-0.2, -0.15) is 0 Å². The van der Waals surface area contributed by atoms with Crippen LogP contribution in [0.1, 0.15) is 19.4 Å². The van der Waals surface area contributed by atoms with Gasteiger partial charge in [-0.3, -0.25) is 0 Å². The molecule has 0 saturated carbocycles. The Morgan fingerprint density at radius 1 is 1.00 bits per heavy atom. The van der Waals surface area contributed by atoms with Gasteiger partial charge in [0.05, 0.1) is 0 Å². The van der Waals surface area contributed by atoms with Gasteiger partial charge in [-0.1, -0.05) is 50.2 Å². The minimum Gasteiger partial charge on any atom is -0.385 e. The van der Waals surface area contributed by atoms with Gasteiger partial charge in [0, 0.05) is 12.2 Å². The molecule has 1 aliphatic rings. The number of rotatable bonds is 2. The van der Waals surface area contributed by atoms with E-state index in [1.165, 1.54) is 28.8 Å². The predicted molar refractivity (Wildman–Crippen MR) is 82.4 cm³/mol. The van der Waals surface area contributed by atoms with Crippen LogP contribution in [0.5, 0.6) is 0 Å². The molecule has 0 fully saturated rings. The monoisotopic (exact) mass is 251 g/mol. The van der Waals surface area contributed by atoms with E-state index >= 15 is 0 Å².